The summed E-state index contributed by atoms with van der Waals surface area (Å²) in [6, 6.07) is 0. The van der Waals surface area contributed by atoms with Crippen LogP contribution in [0.2, 0.25) is 0 Å². The van der Waals surface area contributed by atoms with E-state index in [1.165, 1.54) is 11.3 Å². The minimum Gasteiger partial charge on any atom is -0.291 e. The van der Waals surface area contributed by atoms with E-state index in [1.54, 1.807) is 5.38 Å². The molecule has 0 radical (unpaired) electrons. The van der Waals surface area contributed by atoms with Gasteiger partial charge >= 0.3 is 0 Å². The van der Waals surface area contributed by atoms with E-state index in [2.05, 4.69) is 4.98 Å². The van der Waals surface area contributed by atoms with Crippen LogP contribution in [0.5, 0.6) is 0 Å². The molecule has 0 fully saturated rings. The lowest BCUT2D eigenvalue weighted by atomic mass is 10.3. The monoisotopic (exact) mass is 175 g/mol. The van der Waals surface area contributed by atoms with Gasteiger partial charge in [-0.2, -0.15) is 0 Å². The van der Waals surface area contributed by atoms with Crippen LogP contribution in [-0.2, 0) is 0 Å². The maximum atomic E-state index is 10.8. The molecule has 0 aromatic carbocycles. The summed E-state index contributed by atoms with van der Waals surface area (Å²) in [4.78, 5) is 14.8. The van der Waals surface area contributed by atoms with Crippen LogP contribution in [0.1, 0.15) is 15.5 Å². The van der Waals surface area contributed by atoms with Gasteiger partial charge in [0.25, 0.3) is 0 Å². The van der Waals surface area contributed by atoms with Crippen LogP contribution in [0, 0.1) is 6.92 Å². The molecule has 1 aromatic heterocycles. The zero-order chi connectivity index (χ0) is 7.56. The number of carbonyl (C=O) groups is 1. The molecule has 0 aliphatic rings. The van der Waals surface area contributed by atoms with Crippen molar-refractivity contribution >= 4 is 28.7 Å². The van der Waals surface area contributed by atoms with E-state index in [0.29, 0.717) is 5.69 Å². The van der Waals surface area contributed by atoms with Crippen LogP contribution < -0.4 is 0 Å². The molecular formula is C6H6ClNOS. The second kappa shape index (κ2) is 3.12. The van der Waals surface area contributed by atoms with Crippen molar-refractivity contribution in [1.82, 2.24) is 4.98 Å². The molecule has 0 aliphatic carbocycles. The maximum Gasteiger partial charge on any atom is 0.196 e. The zero-order valence-corrected chi connectivity index (χ0v) is 7.00. The molecule has 0 spiro atoms. The Kier molecular flexibility index (Phi) is 2.40. The molecule has 1 heterocycles. The number of aryl methyl sites for hydroxylation is 1. The minimum atomic E-state index is -0.106. The fourth-order valence-electron chi connectivity index (χ4n) is 0.560. The predicted octanol–water partition coefficient (Wildman–Crippen LogP) is 1.87. The summed E-state index contributed by atoms with van der Waals surface area (Å²) < 4.78 is 0. The second-order valence-corrected chi connectivity index (χ2v) is 3.14. The highest BCUT2D eigenvalue weighted by atomic mass is 35.5. The average molecular weight is 176 g/mol. The first kappa shape index (κ1) is 7.69. The van der Waals surface area contributed by atoms with Crippen molar-refractivity contribution in [3.05, 3.63) is 16.1 Å². The number of halogens is 1. The minimum absolute atomic E-state index is 0.0170. The number of alkyl halides is 1. The molecule has 0 N–H and O–H groups in total. The van der Waals surface area contributed by atoms with Crippen molar-refractivity contribution in [3.8, 4) is 0 Å². The van der Waals surface area contributed by atoms with E-state index in [9.17, 15) is 4.79 Å². The predicted molar refractivity (Wildman–Crippen MR) is 41.9 cm³/mol. The lowest BCUT2D eigenvalue weighted by Gasteiger charge is -1.85. The van der Waals surface area contributed by atoms with Crippen LogP contribution in [0.15, 0.2) is 5.38 Å². The van der Waals surface area contributed by atoms with Crippen molar-refractivity contribution in [1.29, 1.82) is 0 Å². The number of Topliss-reactive ketones (excluding diaryl/α,β-unsaturated/α-hetero) is 1. The Morgan fingerprint density at radius 1 is 1.90 bits per heavy atom. The van der Waals surface area contributed by atoms with Crippen molar-refractivity contribution in [2.24, 2.45) is 0 Å². The highest BCUT2D eigenvalue weighted by Gasteiger charge is 2.06. The number of hydrogen-bond donors (Lipinski definition) is 0. The molecule has 4 heteroatoms. The zero-order valence-electron chi connectivity index (χ0n) is 5.43. The van der Waals surface area contributed by atoms with E-state index in [0.717, 1.165) is 5.01 Å². The lowest BCUT2D eigenvalue weighted by Crippen LogP contribution is -1.99. The van der Waals surface area contributed by atoms with Gasteiger partial charge in [-0.3, -0.25) is 4.79 Å². The first-order valence-corrected chi connectivity index (χ1v) is 4.16. The van der Waals surface area contributed by atoms with Gasteiger partial charge in [0.15, 0.2) is 5.78 Å². The van der Waals surface area contributed by atoms with Gasteiger partial charge < -0.3 is 0 Å². The molecular weight excluding hydrogens is 170 g/mol. The van der Waals surface area contributed by atoms with Gasteiger partial charge in [-0.1, -0.05) is 0 Å². The van der Waals surface area contributed by atoms with Gasteiger partial charge in [0.2, 0.25) is 0 Å². The molecule has 0 atom stereocenters. The van der Waals surface area contributed by atoms with Crippen molar-refractivity contribution in [2.45, 2.75) is 6.92 Å². The number of carbonyl (C=O) groups excluding carboxylic acids is 1. The molecule has 1 rings (SSSR count). The van der Waals surface area contributed by atoms with E-state index < -0.39 is 0 Å². The van der Waals surface area contributed by atoms with Gasteiger partial charge in [0, 0.05) is 5.38 Å². The van der Waals surface area contributed by atoms with E-state index in [4.69, 9.17) is 11.6 Å². The Labute approximate surface area is 67.9 Å². The van der Waals surface area contributed by atoms with Crippen molar-refractivity contribution < 1.29 is 4.79 Å². The SMILES string of the molecule is Cc1nc(C(=O)CCl)cs1. The Morgan fingerprint density at radius 3 is 3.00 bits per heavy atom. The number of thiazole rings is 1. The Hall–Kier alpha value is -0.410. The molecule has 0 unspecified atom stereocenters. The third kappa shape index (κ3) is 1.55. The summed E-state index contributed by atoms with van der Waals surface area (Å²) in [6.07, 6.45) is 0. The Morgan fingerprint density at radius 2 is 2.60 bits per heavy atom. The normalized spacial score (nSPS) is 9.80. The molecule has 0 saturated heterocycles. The van der Waals surface area contributed by atoms with Gasteiger partial charge in [-0.25, -0.2) is 4.98 Å². The molecule has 2 nitrogen and oxygen atoms in total. The lowest BCUT2D eigenvalue weighted by molar-refractivity contribution is 0.101. The van der Waals surface area contributed by atoms with Crippen LogP contribution in [0.25, 0.3) is 0 Å². The van der Waals surface area contributed by atoms with Gasteiger partial charge in [-0.15, -0.1) is 22.9 Å². The van der Waals surface area contributed by atoms with Gasteiger partial charge in [0.05, 0.1) is 10.9 Å². The number of ketones is 1. The first-order chi connectivity index (χ1) is 4.74. The molecule has 0 bridgehead atoms. The summed E-state index contributed by atoms with van der Waals surface area (Å²) in [7, 11) is 0. The highest BCUT2D eigenvalue weighted by molar-refractivity contribution is 7.09. The molecule has 0 amide bonds. The van der Waals surface area contributed by atoms with Crippen molar-refractivity contribution in [3.63, 3.8) is 0 Å². The Bertz CT molecular complexity index is 246. The highest BCUT2D eigenvalue weighted by Crippen LogP contribution is 2.08. The molecule has 10 heavy (non-hydrogen) atoms. The van der Waals surface area contributed by atoms with Crippen molar-refractivity contribution in [2.75, 3.05) is 5.88 Å². The molecule has 54 valence electrons. The molecule has 0 saturated carbocycles. The number of nitrogens with zero attached hydrogens (tertiary/aromatic N) is 1. The number of rotatable bonds is 2. The summed E-state index contributed by atoms with van der Waals surface area (Å²) in [5, 5.41) is 2.62. The van der Waals surface area contributed by atoms with Crippen LogP contribution >= 0.6 is 22.9 Å². The molecule has 1 aromatic rings. The standard InChI is InChI=1S/C6H6ClNOS/c1-4-8-5(3-10-4)6(9)2-7/h3H,2H2,1H3. The average Bonchev–Trinajstić information content (AvgIpc) is 2.34. The quantitative estimate of drug-likeness (QED) is 0.508. The third-order valence-electron chi connectivity index (χ3n) is 1.03. The fourth-order valence-corrected chi connectivity index (χ4v) is 1.31. The topological polar surface area (TPSA) is 30.0 Å². The third-order valence-corrected chi connectivity index (χ3v) is 2.04. The van der Waals surface area contributed by atoms with Gasteiger partial charge in [-0.05, 0) is 6.92 Å². The fraction of sp³-hybridized carbons (Fsp3) is 0.333. The van der Waals surface area contributed by atoms with Crippen LogP contribution in [0.3, 0.4) is 0 Å². The maximum absolute atomic E-state index is 10.8. The van der Waals surface area contributed by atoms with E-state index >= 15 is 0 Å². The first-order valence-electron chi connectivity index (χ1n) is 2.75. The number of hydrogen-bond acceptors (Lipinski definition) is 3. The Balaban J connectivity index is 2.85. The largest absolute Gasteiger partial charge is 0.291 e. The number of aromatic nitrogens is 1. The smallest absolute Gasteiger partial charge is 0.196 e. The van der Waals surface area contributed by atoms with E-state index in [-0.39, 0.29) is 11.7 Å². The molecule has 0 aliphatic heterocycles. The summed E-state index contributed by atoms with van der Waals surface area (Å²) >= 11 is 6.77. The van der Waals surface area contributed by atoms with Gasteiger partial charge in [0.1, 0.15) is 5.69 Å². The summed E-state index contributed by atoms with van der Waals surface area (Å²) in [5.41, 5.74) is 0.484. The summed E-state index contributed by atoms with van der Waals surface area (Å²) in [6.45, 7) is 1.86. The van der Waals surface area contributed by atoms with Crippen LogP contribution in [-0.4, -0.2) is 16.6 Å². The van der Waals surface area contributed by atoms with E-state index in [1.807, 2.05) is 6.92 Å². The second-order valence-electron chi connectivity index (χ2n) is 1.81. The summed E-state index contributed by atoms with van der Waals surface area (Å²) in [5.74, 6) is -0.0885. The van der Waals surface area contributed by atoms with Crippen LogP contribution in [0.4, 0.5) is 0 Å².